The lowest BCUT2D eigenvalue weighted by Crippen LogP contribution is -2.28. The Morgan fingerprint density at radius 3 is 2.64 bits per heavy atom. The average Bonchev–Trinajstić information content (AvgIpc) is 2.66. The number of carbonyl (C=O) groups excluding carboxylic acids is 3. The largest absolute Gasteiger partial charge is 0.496 e. The third-order valence-electron chi connectivity index (χ3n) is 3.69. The zero-order chi connectivity index (χ0) is 20.5. The fourth-order valence-corrected chi connectivity index (χ4v) is 2.54. The van der Waals surface area contributed by atoms with Gasteiger partial charge in [-0.15, -0.1) is 0 Å². The van der Waals surface area contributed by atoms with Crippen LogP contribution in [0.5, 0.6) is 5.75 Å². The van der Waals surface area contributed by atoms with Gasteiger partial charge in [0.1, 0.15) is 5.75 Å². The van der Waals surface area contributed by atoms with E-state index in [0.717, 1.165) is 0 Å². The highest BCUT2D eigenvalue weighted by Crippen LogP contribution is 2.24. The Morgan fingerprint density at radius 1 is 1.18 bits per heavy atom. The van der Waals surface area contributed by atoms with Crippen molar-refractivity contribution in [2.75, 3.05) is 19.0 Å². The van der Waals surface area contributed by atoms with E-state index >= 15 is 0 Å². The Balaban J connectivity index is 2.09. The molecule has 28 heavy (non-hydrogen) atoms. The summed E-state index contributed by atoms with van der Waals surface area (Å²) in [7, 11) is 1.52. The van der Waals surface area contributed by atoms with Gasteiger partial charge in [-0.05, 0) is 36.4 Å². The van der Waals surface area contributed by atoms with Crippen molar-refractivity contribution >= 4 is 41.1 Å². The van der Waals surface area contributed by atoms with Crippen LogP contribution in [0, 0.1) is 0 Å². The molecule has 0 unspecified atom stereocenters. The summed E-state index contributed by atoms with van der Waals surface area (Å²) in [6.45, 7) is 0.116. The van der Waals surface area contributed by atoms with Crippen LogP contribution in [0.2, 0.25) is 5.02 Å². The van der Waals surface area contributed by atoms with Crippen molar-refractivity contribution in [2.45, 2.75) is 6.42 Å². The van der Waals surface area contributed by atoms with E-state index in [1.165, 1.54) is 13.2 Å². The molecule has 0 saturated heterocycles. The molecule has 8 heteroatoms. The molecule has 0 aliphatic carbocycles. The van der Waals surface area contributed by atoms with Gasteiger partial charge in [0, 0.05) is 29.6 Å². The minimum atomic E-state index is -0.511. The van der Waals surface area contributed by atoms with Gasteiger partial charge in [-0.2, -0.15) is 0 Å². The van der Waals surface area contributed by atoms with Crippen molar-refractivity contribution in [1.29, 1.82) is 0 Å². The number of rotatable bonds is 8. The number of para-hydroxylation sites is 1. The Bertz CT molecular complexity index is 912. The van der Waals surface area contributed by atoms with Gasteiger partial charge in [0.25, 0.3) is 5.91 Å². The Hall–Kier alpha value is -3.32. The van der Waals surface area contributed by atoms with Crippen molar-refractivity contribution < 1.29 is 19.1 Å². The first-order chi connectivity index (χ1) is 13.4. The number of nitrogens with two attached hydrogens (primary N) is 1. The maximum atomic E-state index is 12.3. The van der Waals surface area contributed by atoms with E-state index in [-0.39, 0.29) is 18.5 Å². The molecule has 2 rings (SSSR count). The van der Waals surface area contributed by atoms with E-state index in [1.54, 1.807) is 48.5 Å². The molecule has 0 atom stereocenters. The third kappa shape index (κ3) is 6.14. The van der Waals surface area contributed by atoms with Crippen LogP contribution in [0.1, 0.15) is 22.3 Å². The molecule has 7 nitrogen and oxygen atoms in total. The molecule has 0 fully saturated rings. The van der Waals surface area contributed by atoms with E-state index in [1.807, 2.05) is 0 Å². The molecule has 0 aliphatic heterocycles. The highest BCUT2D eigenvalue weighted by atomic mass is 35.5. The lowest BCUT2D eigenvalue weighted by molar-refractivity contribution is -0.118. The zero-order valence-electron chi connectivity index (χ0n) is 15.2. The topological polar surface area (TPSA) is 111 Å². The molecular weight excluding hydrogens is 382 g/mol. The van der Waals surface area contributed by atoms with Crippen molar-refractivity contribution in [1.82, 2.24) is 5.32 Å². The van der Waals surface area contributed by atoms with Crippen molar-refractivity contribution in [3.05, 3.63) is 64.7 Å². The molecule has 0 spiro atoms. The SMILES string of the molecule is COc1ccc(Cl)cc1/C=C/C(=O)Nc1ccccc1C(=O)NCCC(N)=O. The molecule has 146 valence electrons. The highest BCUT2D eigenvalue weighted by Gasteiger charge is 2.12. The monoisotopic (exact) mass is 401 g/mol. The number of ether oxygens (including phenoxy) is 1. The van der Waals surface area contributed by atoms with Crippen LogP contribution in [-0.2, 0) is 9.59 Å². The second-order valence-electron chi connectivity index (χ2n) is 5.73. The first-order valence-corrected chi connectivity index (χ1v) is 8.76. The Morgan fingerprint density at radius 2 is 1.93 bits per heavy atom. The third-order valence-corrected chi connectivity index (χ3v) is 3.93. The number of carbonyl (C=O) groups is 3. The fraction of sp³-hybridized carbons (Fsp3) is 0.150. The summed E-state index contributed by atoms with van der Waals surface area (Å²) in [6.07, 6.45) is 2.91. The summed E-state index contributed by atoms with van der Waals surface area (Å²) in [4.78, 5) is 35.3. The average molecular weight is 402 g/mol. The van der Waals surface area contributed by atoms with E-state index in [0.29, 0.717) is 22.0 Å². The normalized spacial score (nSPS) is 10.5. The highest BCUT2D eigenvalue weighted by molar-refractivity contribution is 6.30. The van der Waals surface area contributed by atoms with Crippen LogP contribution < -0.4 is 21.1 Å². The number of hydrogen-bond acceptors (Lipinski definition) is 4. The molecular formula is C20H20ClN3O4. The molecule has 0 aromatic heterocycles. The van der Waals surface area contributed by atoms with Crippen LogP contribution in [0.15, 0.2) is 48.5 Å². The Labute approximate surface area is 167 Å². The van der Waals surface area contributed by atoms with Crippen molar-refractivity contribution in [3.63, 3.8) is 0 Å². The smallest absolute Gasteiger partial charge is 0.253 e. The van der Waals surface area contributed by atoms with Gasteiger partial charge >= 0.3 is 0 Å². The standard InChI is InChI=1S/C20H20ClN3O4/c1-28-17-8-7-14(21)12-13(17)6-9-19(26)24-16-5-3-2-4-15(16)20(27)23-11-10-18(22)25/h2-9,12H,10-11H2,1H3,(H2,22,25)(H,23,27)(H,24,26)/b9-6+. The molecule has 0 heterocycles. The quantitative estimate of drug-likeness (QED) is 0.590. The molecule has 3 amide bonds. The molecule has 2 aromatic carbocycles. The van der Waals surface area contributed by atoms with E-state index in [2.05, 4.69) is 10.6 Å². The lowest BCUT2D eigenvalue weighted by atomic mass is 10.1. The van der Waals surface area contributed by atoms with Crippen LogP contribution in [0.3, 0.4) is 0 Å². The van der Waals surface area contributed by atoms with E-state index < -0.39 is 17.7 Å². The minimum absolute atomic E-state index is 0.0322. The van der Waals surface area contributed by atoms with Gasteiger partial charge in [-0.1, -0.05) is 23.7 Å². The second kappa shape index (κ2) is 10.1. The molecule has 2 aromatic rings. The van der Waals surface area contributed by atoms with E-state index in [4.69, 9.17) is 22.1 Å². The first-order valence-electron chi connectivity index (χ1n) is 8.39. The van der Waals surface area contributed by atoms with E-state index in [9.17, 15) is 14.4 Å². The molecule has 0 saturated carbocycles. The van der Waals surface area contributed by atoms with Gasteiger partial charge in [0.05, 0.1) is 18.4 Å². The van der Waals surface area contributed by atoms with Gasteiger partial charge in [0.2, 0.25) is 11.8 Å². The number of anilines is 1. The summed E-state index contributed by atoms with van der Waals surface area (Å²) in [6, 6.07) is 11.6. The summed E-state index contributed by atoms with van der Waals surface area (Å²) < 4.78 is 5.23. The maximum Gasteiger partial charge on any atom is 0.253 e. The number of halogens is 1. The van der Waals surface area contributed by atoms with Gasteiger partial charge in [0.15, 0.2) is 0 Å². The molecule has 0 aliphatic rings. The summed E-state index contributed by atoms with van der Waals surface area (Å²) in [5, 5.41) is 5.76. The summed E-state index contributed by atoms with van der Waals surface area (Å²) >= 11 is 5.97. The number of primary amides is 1. The zero-order valence-corrected chi connectivity index (χ0v) is 16.0. The second-order valence-corrected chi connectivity index (χ2v) is 6.16. The van der Waals surface area contributed by atoms with Crippen LogP contribution in [0.4, 0.5) is 5.69 Å². The van der Waals surface area contributed by atoms with Crippen molar-refractivity contribution in [3.8, 4) is 5.75 Å². The van der Waals surface area contributed by atoms with Crippen LogP contribution in [-0.4, -0.2) is 31.4 Å². The maximum absolute atomic E-state index is 12.3. The van der Waals surface area contributed by atoms with Crippen LogP contribution >= 0.6 is 11.6 Å². The van der Waals surface area contributed by atoms with Crippen LogP contribution in [0.25, 0.3) is 6.08 Å². The first kappa shape index (κ1) is 21.0. The molecule has 4 N–H and O–H groups in total. The lowest BCUT2D eigenvalue weighted by Gasteiger charge is -2.10. The number of hydrogen-bond donors (Lipinski definition) is 3. The Kier molecular flexibility index (Phi) is 7.59. The minimum Gasteiger partial charge on any atom is -0.496 e. The number of amides is 3. The summed E-state index contributed by atoms with van der Waals surface area (Å²) in [5.41, 5.74) is 6.31. The van der Waals surface area contributed by atoms with Crippen molar-refractivity contribution in [2.24, 2.45) is 5.73 Å². The van der Waals surface area contributed by atoms with Gasteiger partial charge in [-0.25, -0.2) is 0 Å². The predicted molar refractivity (Wildman–Crippen MR) is 108 cm³/mol. The molecule has 0 bridgehead atoms. The number of nitrogens with one attached hydrogen (secondary N) is 2. The number of methoxy groups -OCH3 is 1. The van der Waals surface area contributed by atoms with Gasteiger partial charge < -0.3 is 21.1 Å². The fourth-order valence-electron chi connectivity index (χ4n) is 2.36. The van der Waals surface area contributed by atoms with Gasteiger partial charge in [-0.3, -0.25) is 14.4 Å². The molecule has 0 radical (unpaired) electrons. The number of benzene rings is 2. The summed E-state index contributed by atoms with van der Waals surface area (Å²) in [5.74, 6) is -0.789. The predicted octanol–water partition coefficient (Wildman–Crippen LogP) is 2.61.